The molecule has 0 saturated heterocycles. The van der Waals surface area contributed by atoms with Crippen molar-refractivity contribution in [1.29, 1.82) is 0 Å². The van der Waals surface area contributed by atoms with Gasteiger partial charge in [-0.25, -0.2) is 4.98 Å². The number of nitrogens with zero attached hydrogens (tertiary/aromatic N) is 2. The number of imidazole rings is 1. The third-order valence-corrected chi connectivity index (χ3v) is 10.8. The van der Waals surface area contributed by atoms with Crippen LogP contribution in [0.4, 0.5) is 0 Å². The van der Waals surface area contributed by atoms with E-state index < -0.39 is 0 Å². The molecule has 7 aromatic carbocycles. The Morgan fingerprint density at radius 3 is 1.78 bits per heavy atom. The van der Waals surface area contributed by atoms with Crippen LogP contribution in [-0.4, -0.2) is 9.38 Å². The van der Waals surface area contributed by atoms with Gasteiger partial charge < -0.3 is 4.40 Å². The van der Waals surface area contributed by atoms with E-state index in [1.54, 1.807) is 0 Å². The predicted molar refractivity (Wildman–Crippen MR) is 210 cm³/mol. The highest BCUT2D eigenvalue weighted by molar-refractivity contribution is 6.23. The zero-order valence-corrected chi connectivity index (χ0v) is 28.1. The highest BCUT2D eigenvalue weighted by Crippen LogP contribution is 2.53. The number of hydrogen-bond donors (Lipinski definition) is 0. The van der Waals surface area contributed by atoms with Gasteiger partial charge in [-0.1, -0.05) is 141 Å². The Hall–Kier alpha value is -6.25. The molecule has 0 saturated carbocycles. The van der Waals surface area contributed by atoms with Crippen LogP contribution in [0.15, 0.2) is 170 Å². The van der Waals surface area contributed by atoms with E-state index in [2.05, 4.69) is 164 Å². The zero-order chi connectivity index (χ0) is 33.4. The molecule has 236 valence electrons. The van der Waals surface area contributed by atoms with Crippen molar-refractivity contribution in [3.63, 3.8) is 0 Å². The smallest absolute Gasteiger partial charge is 0.137 e. The molecule has 0 unspecified atom stereocenters. The Morgan fingerprint density at radius 1 is 0.440 bits per heavy atom. The van der Waals surface area contributed by atoms with Crippen LogP contribution in [0, 0.1) is 0 Å². The van der Waals surface area contributed by atoms with Crippen molar-refractivity contribution in [2.24, 2.45) is 0 Å². The van der Waals surface area contributed by atoms with Crippen LogP contribution in [0.2, 0.25) is 0 Å². The lowest BCUT2D eigenvalue weighted by atomic mass is 9.79. The average molecular weight is 639 g/mol. The maximum Gasteiger partial charge on any atom is 0.137 e. The summed E-state index contributed by atoms with van der Waals surface area (Å²) in [5.41, 5.74) is 15.8. The predicted octanol–water partition coefficient (Wildman–Crippen LogP) is 12.6. The van der Waals surface area contributed by atoms with Crippen LogP contribution in [0.3, 0.4) is 0 Å². The number of fused-ring (bicyclic) bond motifs is 6. The van der Waals surface area contributed by atoms with E-state index in [4.69, 9.17) is 4.98 Å². The van der Waals surface area contributed by atoms with Gasteiger partial charge in [0.2, 0.25) is 0 Å². The summed E-state index contributed by atoms with van der Waals surface area (Å²) in [6, 6.07) is 57.8. The summed E-state index contributed by atoms with van der Waals surface area (Å²) < 4.78 is 2.07. The lowest BCUT2D eigenvalue weighted by Gasteiger charge is -2.24. The Balaban J connectivity index is 1.24. The molecule has 10 rings (SSSR count). The van der Waals surface area contributed by atoms with Crippen molar-refractivity contribution in [2.75, 3.05) is 0 Å². The minimum atomic E-state index is -0.0968. The summed E-state index contributed by atoms with van der Waals surface area (Å²) in [4.78, 5) is 4.85. The van der Waals surface area contributed by atoms with Crippen LogP contribution in [-0.2, 0) is 5.41 Å². The van der Waals surface area contributed by atoms with Gasteiger partial charge in [0.1, 0.15) is 5.65 Å². The summed E-state index contributed by atoms with van der Waals surface area (Å²) in [6.07, 6.45) is 4.14. The van der Waals surface area contributed by atoms with Gasteiger partial charge in [-0.2, -0.15) is 0 Å². The highest BCUT2D eigenvalue weighted by atomic mass is 15.0. The Labute approximate surface area is 292 Å². The second-order valence-corrected chi connectivity index (χ2v) is 14.0. The number of pyridine rings is 1. The van der Waals surface area contributed by atoms with Gasteiger partial charge in [0, 0.05) is 23.4 Å². The zero-order valence-electron chi connectivity index (χ0n) is 28.1. The van der Waals surface area contributed by atoms with Gasteiger partial charge in [-0.05, 0) is 108 Å². The molecule has 0 amide bonds. The molecule has 0 N–H and O–H groups in total. The summed E-state index contributed by atoms with van der Waals surface area (Å²) >= 11 is 0. The first-order valence-corrected chi connectivity index (χ1v) is 17.4. The molecular weight excluding hydrogens is 605 g/mol. The van der Waals surface area contributed by atoms with E-state index in [-0.39, 0.29) is 5.41 Å². The summed E-state index contributed by atoms with van der Waals surface area (Å²) in [5, 5.41) is 5.11. The molecule has 0 atom stereocenters. The first kappa shape index (κ1) is 28.7. The fourth-order valence-corrected chi connectivity index (χ4v) is 8.34. The second-order valence-electron chi connectivity index (χ2n) is 14.0. The molecule has 0 aliphatic heterocycles. The van der Waals surface area contributed by atoms with E-state index in [0.717, 1.165) is 16.9 Å². The minimum absolute atomic E-state index is 0.0968. The van der Waals surface area contributed by atoms with E-state index in [1.807, 2.05) is 24.4 Å². The molecule has 2 heterocycles. The molecule has 9 aromatic rings. The Bertz CT molecular complexity index is 2720. The Morgan fingerprint density at radius 2 is 1.04 bits per heavy atom. The van der Waals surface area contributed by atoms with Gasteiger partial charge in [-0.15, -0.1) is 0 Å². The number of aromatic nitrogens is 2. The van der Waals surface area contributed by atoms with Crippen LogP contribution in [0.25, 0.3) is 83.0 Å². The number of benzene rings is 7. The summed E-state index contributed by atoms with van der Waals surface area (Å²) in [5.74, 6) is 0. The van der Waals surface area contributed by atoms with Crippen molar-refractivity contribution in [2.45, 2.75) is 19.3 Å². The van der Waals surface area contributed by atoms with Crippen LogP contribution in [0.1, 0.15) is 25.0 Å². The molecule has 1 aliphatic rings. The van der Waals surface area contributed by atoms with Crippen molar-refractivity contribution >= 4 is 27.2 Å². The molecule has 2 nitrogen and oxygen atoms in total. The monoisotopic (exact) mass is 638 g/mol. The van der Waals surface area contributed by atoms with E-state index in [0.29, 0.717) is 0 Å². The lowest BCUT2D eigenvalue weighted by molar-refractivity contribution is 0.661. The molecular formula is C48H34N2. The van der Waals surface area contributed by atoms with Crippen molar-refractivity contribution < 1.29 is 0 Å². The van der Waals surface area contributed by atoms with Gasteiger partial charge in [0.05, 0.1) is 5.69 Å². The average Bonchev–Trinajstić information content (AvgIpc) is 3.70. The first-order valence-electron chi connectivity index (χ1n) is 17.4. The van der Waals surface area contributed by atoms with Gasteiger partial charge >= 0.3 is 0 Å². The van der Waals surface area contributed by atoms with E-state index in [1.165, 1.54) is 77.2 Å². The molecule has 0 radical (unpaired) electrons. The third kappa shape index (κ3) is 4.32. The van der Waals surface area contributed by atoms with E-state index >= 15 is 0 Å². The fraction of sp³-hybridized carbons (Fsp3) is 0.0625. The summed E-state index contributed by atoms with van der Waals surface area (Å²) in [7, 11) is 0. The normalized spacial score (nSPS) is 13.2. The molecule has 2 heteroatoms. The second kappa shape index (κ2) is 10.9. The van der Waals surface area contributed by atoms with Crippen molar-refractivity contribution in [3.05, 3.63) is 181 Å². The third-order valence-electron chi connectivity index (χ3n) is 10.8. The largest absolute Gasteiger partial charge is 0.306 e. The molecule has 0 fully saturated rings. The van der Waals surface area contributed by atoms with Crippen LogP contribution < -0.4 is 0 Å². The fourth-order valence-electron chi connectivity index (χ4n) is 8.34. The van der Waals surface area contributed by atoms with Crippen LogP contribution in [0.5, 0.6) is 0 Å². The lowest BCUT2D eigenvalue weighted by Crippen LogP contribution is -2.14. The maximum atomic E-state index is 4.85. The van der Waals surface area contributed by atoms with Crippen molar-refractivity contribution in [3.8, 4) is 55.8 Å². The maximum absolute atomic E-state index is 4.85. The minimum Gasteiger partial charge on any atom is -0.306 e. The molecule has 2 aromatic heterocycles. The van der Waals surface area contributed by atoms with Gasteiger partial charge in [-0.3, -0.25) is 0 Å². The summed E-state index contributed by atoms with van der Waals surface area (Å²) in [6.45, 7) is 4.75. The SMILES string of the molecule is CC1(C)c2ccccc2-c2cc3c(-c4ccccc4)c4ccc(-c5ccc(-c6cn7ccccc7n6)cc5)cc4c(-c4ccccc4)c3cc21. The first-order chi connectivity index (χ1) is 24.5. The van der Waals surface area contributed by atoms with Crippen molar-refractivity contribution in [1.82, 2.24) is 9.38 Å². The van der Waals surface area contributed by atoms with Gasteiger partial charge in [0.15, 0.2) is 0 Å². The van der Waals surface area contributed by atoms with E-state index in [9.17, 15) is 0 Å². The van der Waals surface area contributed by atoms with Gasteiger partial charge in [0.25, 0.3) is 0 Å². The molecule has 50 heavy (non-hydrogen) atoms. The molecule has 1 aliphatic carbocycles. The standard InChI is InChI=1S/C48H34N2/c1-48(2)42-18-10-9-17-36(42)38-28-40-41(29-43(38)48)47(34-15-7-4-8-16-34)39-27-35(24-25-37(39)46(40)33-13-5-3-6-14-33)31-20-22-32(23-21-31)44-30-50-26-12-11-19-45(50)49-44/h3-30H,1-2H3. The number of rotatable bonds is 4. The van der Waals surface area contributed by atoms with Crippen LogP contribution >= 0.6 is 0 Å². The topological polar surface area (TPSA) is 17.3 Å². The quantitative estimate of drug-likeness (QED) is 0.175. The molecule has 0 spiro atoms. The number of hydrogen-bond acceptors (Lipinski definition) is 1. The Kier molecular flexibility index (Phi) is 6.25. The highest BCUT2D eigenvalue weighted by Gasteiger charge is 2.36. The molecule has 0 bridgehead atoms.